The third-order valence-electron chi connectivity index (χ3n) is 3.87. The summed E-state index contributed by atoms with van der Waals surface area (Å²) in [5.41, 5.74) is 0.770. The number of hydrogen-bond donors (Lipinski definition) is 1. The Morgan fingerprint density at radius 3 is 2.89 bits per heavy atom. The number of hydrogen-bond acceptors (Lipinski definition) is 2. The van der Waals surface area contributed by atoms with Gasteiger partial charge in [-0.3, -0.25) is 4.90 Å². The molecule has 1 aliphatic rings. The molecular weight excluding hydrogens is 295 g/mol. The van der Waals surface area contributed by atoms with Gasteiger partial charge in [-0.15, -0.1) is 0 Å². The summed E-state index contributed by atoms with van der Waals surface area (Å²) in [7, 11) is 2.09. The first-order chi connectivity index (χ1) is 8.59. The molecule has 0 saturated carbocycles. The van der Waals surface area contributed by atoms with Crippen LogP contribution < -0.4 is 5.32 Å². The quantitative estimate of drug-likeness (QED) is 0.920. The molecule has 1 aliphatic heterocycles. The van der Waals surface area contributed by atoms with E-state index in [4.69, 9.17) is 0 Å². The number of nitrogens with zero attached hydrogens (tertiary/aromatic N) is 1. The van der Waals surface area contributed by atoms with Gasteiger partial charge in [0.2, 0.25) is 0 Å². The van der Waals surface area contributed by atoms with Crippen LogP contribution in [0.3, 0.4) is 0 Å². The Bertz CT molecular complexity index is 405. The molecule has 1 fully saturated rings. The van der Waals surface area contributed by atoms with E-state index in [9.17, 15) is 4.39 Å². The van der Waals surface area contributed by atoms with Gasteiger partial charge >= 0.3 is 0 Å². The molecule has 0 aromatic heterocycles. The van der Waals surface area contributed by atoms with E-state index < -0.39 is 0 Å². The highest BCUT2D eigenvalue weighted by Gasteiger charge is 2.24. The first kappa shape index (κ1) is 14.0. The molecule has 2 rings (SSSR count). The summed E-state index contributed by atoms with van der Waals surface area (Å²) >= 11 is 3.30. The minimum atomic E-state index is -0.132. The van der Waals surface area contributed by atoms with Crippen LogP contribution in [0, 0.1) is 5.82 Å². The van der Waals surface area contributed by atoms with E-state index in [-0.39, 0.29) is 11.9 Å². The molecule has 2 nitrogen and oxygen atoms in total. The highest BCUT2D eigenvalue weighted by Crippen LogP contribution is 2.27. The number of likely N-dealkylation sites (N-methyl/N-ethyl adjacent to an activating group) is 1. The summed E-state index contributed by atoms with van der Waals surface area (Å²) in [6.07, 6.45) is 2.39. The second-order valence-corrected chi connectivity index (χ2v) is 5.92. The lowest BCUT2D eigenvalue weighted by Gasteiger charge is -2.36. The maximum Gasteiger partial charge on any atom is 0.129 e. The number of benzene rings is 1. The maximum absolute atomic E-state index is 14.0. The van der Waals surface area contributed by atoms with E-state index in [1.807, 2.05) is 12.1 Å². The molecule has 1 saturated heterocycles. The zero-order valence-corrected chi connectivity index (χ0v) is 12.5. The van der Waals surface area contributed by atoms with Gasteiger partial charge < -0.3 is 5.32 Å². The molecule has 0 aliphatic carbocycles. The maximum atomic E-state index is 14.0. The number of piperidine rings is 1. The number of nitrogens with one attached hydrogen (secondary N) is 1. The molecule has 1 heterocycles. The van der Waals surface area contributed by atoms with Crippen molar-refractivity contribution in [3.63, 3.8) is 0 Å². The molecule has 18 heavy (non-hydrogen) atoms. The lowest BCUT2D eigenvalue weighted by molar-refractivity contribution is 0.154. The molecule has 0 bridgehead atoms. The van der Waals surface area contributed by atoms with Crippen molar-refractivity contribution in [2.75, 3.05) is 20.1 Å². The standard InChI is InChI=1S/C14H20BrFN2/c1-10(13-6-5-11(15)8-14(13)16)18(2)12-4-3-7-17-9-12/h5-6,8,10,12,17H,3-4,7,9H2,1-2H3. The third-order valence-corrected chi connectivity index (χ3v) is 4.36. The van der Waals surface area contributed by atoms with Crippen molar-refractivity contribution in [2.24, 2.45) is 0 Å². The van der Waals surface area contributed by atoms with Gasteiger partial charge in [0.1, 0.15) is 5.82 Å². The summed E-state index contributed by atoms with van der Waals surface area (Å²) in [6.45, 7) is 4.17. The minimum Gasteiger partial charge on any atom is -0.315 e. The van der Waals surface area contributed by atoms with Crippen molar-refractivity contribution in [3.8, 4) is 0 Å². The molecule has 0 radical (unpaired) electrons. The van der Waals surface area contributed by atoms with Crippen molar-refractivity contribution in [1.29, 1.82) is 0 Å². The van der Waals surface area contributed by atoms with Crippen molar-refractivity contribution in [3.05, 3.63) is 34.1 Å². The predicted molar refractivity (Wildman–Crippen MR) is 76.2 cm³/mol. The highest BCUT2D eigenvalue weighted by atomic mass is 79.9. The fourth-order valence-corrected chi connectivity index (χ4v) is 2.89. The van der Waals surface area contributed by atoms with Crippen LogP contribution in [-0.4, -0.2) is 31.1 Å². The Morgan fingerprint density at radius 2 is 2.28 bits per heavy atom. The Balaban J connectivity index is 2.11. The van der Waals surface area contributed by atoms with Crippen LogP contribution in [-0.2, 0) is 0 Å². The van der Waals surface area contributed by atoms with E-state index >= 15 is 0 Å². The molecule has 2 unspecified atom stereocenters. The Labute approximate surface area is 117 Å². The average molecular weight is 315 g/mol. The van der Waals surface area contributed by atoms with Crippen LogP contribution in [0.4, 0.5) is 4.39 Å². The average Bonchev–Trinajstić information content (AvgIpc) is 2.38. The summed E-state index contributed by atoms with van der Waals surface area (Å²) in [6, 6.07) is 5.91. The molecule has 2 atom stereocenters. The Hall–Kier alpha value is -0.450. The van der Waals surface area contributed by atoms with E-state index in [1.54, 1.807) is 6.07 Å². The number of rotatable bonds is 3. The van der Waals surface area contributed by atoms with Crippen LogP contribution in [0.25, 0.3) is 0 Å². The smallest absolute Gasteiger partial charge is 0.129 e. The normalized spacial score (nSPS) is 22.2. The van der Waals surface area contributed by atoms with E-state index in [1.165, 1.54) is 12.8 Å². The molecule has 4 heteroatoms. The lowest BCUT2D eigenvalue weighted by Crippen LogP contribution is -2.45. The van der Waals surface area contributed by atoms with Gasteiger partial charge in [-0.1, -0.05) is 22.0 Å². The topological polar surface area (TPSA) is 15.3 Å². The molecular formula is C14H20BrFN2. The fourth-order valence-electron chi connectivity index (χ4n) is 2.56. The zero-order chi connectivity index (χ0) is 13.1. The van der Waals surface area contributed by atoms with Gasteiger partial charge in [0.15, 0.2) is 0 Å². The van der Waals surface area contributed by atoms with Crippen molar-refractivity contribution < 1.29 is 4.39 Å². The predicted octanol–water partition coefficient (Wildman–Crippen LogP) is 3.33. The van der Waals surface area contributed by atoms with E-state index in [0.29, 0.717) is 6.04 Å². The van der Waals surface area contributed by atoms with Crippen LogP contribution in [0.2, 0.25) is 0 Å². The van der Waals surface area contributed by atoms with Gasteiger partial charge in [-0.2, -0.15) is 0 Å². The highest BCUT2D eigenvalue weighted by molar-refractivity contribution is 9.10. The summed E-state index contributed by atoms with van der Waals surface area (Å²) in [5.74, 6) is -0.132. The Kier molecular flexibility index (Phi) is 4.76. The fraction of sp³-hybridized carbons (Fsp3) is 0.571. The van der Waals surface area contributed by atoms with Crippen LogP contribution in [0.5, 0.6) is 0 Å². The third kappa shape index (κ3) is 3.11. The second-order valence-electron chi connectivity index (χ2n) is 5.01. The van der Waals surface area contributed by atoms with Gasteiger partial charge in [0.25, 0.3) is 0 Å². The first-order valence-corrected chi connectivity index (χ1v) is 7.26. The molecule has 0 amide bonds. The summed E-state index contributed by atoms with van der Waals surface area (Å²) < 4.78 is 14.7. The first-order valence-electron chi connectivity index (χ1n) is 6.47. The van der Waals surface area contributed by atoms with Gasteiger partial charge in [-0.05, 0) is 45.5 Å². The largest absolute Gasteiger partial charge is 0.315 e. The van der Waals surface area contributed by atoms with Crippen LogP contribution in [0.15, 0.2) is 22.7 Å². The van der Waals surface area contributed by atoms with E-state index in [2.05, 4.69) is 40.1 Å². The SMILES string of the molecule is CC(c1ccc(Br)cc1F)N(C)C1CCCNC1. The zero-order valence-electron chi connectivity index (χ0n) is 10.9. The lowest BCUT2D eigenvalue weighted by atomic mass is 10.0. The summed E-state index contributed by atoms with van der Waals surface area (Å²) in [4.78, 5) is 2.28. The molecule has 0 spiro atoms. The van der Waals surface area contributed by atoms with Crippen molar-refractivity contribution in [1.82, 2.24) is 10.2 Å². The second kappa shape index (κ2) is 6.13. The van der Waals surface area contributed by atoms with Crippen LogP contribution >= 0.6 is 15.9 Å². The van der Waals surface area contributed by atoms with Gasteiger partial charge in [0.05, 0.1) is 0 Å². The molecule has 1 aromatic carbocycles. The minimum absolute atomic E-state index is 0.1000. The molecule has 100 valence electrons. The number of halogens is 2. The van der Waals surface area contributed by atoms with E-state index in [0.717, 1.165) is 23.1 Å². The summed E-state index contributed by atoms with van der Waals surface area (Å²) in [5, 5.41) is 3.40. The Morgan fingerprint density at radius 1 is 1.50 bits per heavy atom. The van der Waals surface area contributed by atoms with Crippen LogP contribution in [0.1, 0.15) is 31.4 Å². The molecule has 1 aromatic rings. The van der Waals surface area contributed by atoms with Gasteiger partial charge in [0, 0.05) is 28.7 Å². The molecule has 1 N–H and O–H groups in total. The van der Waals surface area contributed by atoms with Crippen molar-refractivity contribution >= 4 is 15.9 Å². The van der Waals surface area contributed by atoms with Crippen molar-refractivity contribution in [2.45, 2.75) is 31.8 Å². The monoisotopic (exact) mass is 314 g/mol. The van der Waals surface area contributed by atoms with Gasteiger partial charge in [-0.25, -0.2) is 4.39 Å².